The smallest absolute Gasteiger partial charge is 0.309 e. The maximum Gasteiger partial charge on any atom is 0.309 e. The summed E-state index contributed by atoms with van der Waals surface area (Å²) in [5, 5.41) is 0.273. The molecule has 10 heteroatoms. The molecule has 0 spiro atoms. The molecule has 1 atom stereocenters. The van der Waals surface area contributed by atoms with E-state index in [0.29, 0.717) is 11.4 Å². The van der Waals surface area contributed by atoms with E-state index >= 15 is 0 Å². The Labute approximate surface area is 172 Å². The zero-order valence-electron chi connectivity index (χ0n) is 15.9. The number of halogens is 3. The molecule has 4 rings (SSSR count). The van der Waals surface area contributed by atoms with Gasteiger partial charge in [-0.15, -0.1) is 11.3 Å². The molecule has 1 unspecified atom stereocenters. The Morgan fingerprint density at radius 3 is 2.80 bits per heavy atom. The van der Waals surface area contributed by atoms with Crippen LogP contribution in [-0.4, -0.2) is 30.1 Å². The number of rotatable bonds is 4. The first kappa shape index (κ1) is 20.1. The third-order valence-corrected chi connectivity index (χ3v) is 5.77. The molecule has 30 heavy (non-hydrogen) atoms. The number of carbonyl (C=O) groups is 2. The number of carbonyl (C=O) groups excluding carboxylic acids is 2. The van der Waals surface area contributed by atoms with E-state index in [9.17, 15) is 22.8 Å². The van der Waals surface area contributed by atoms with E-state index in [1.54, 1.807) is 25.1 Å². The fourth-order valence-electron chi connectivity index (χ4n) is 3.31. The second-order valence-corrected chi connectivity index (χ2v) is 7.76. The maximum absolute atomic E-state index is 14.1. The van der Waals surface area contributed by atoms with Crippen molar-refractivity contribution < 1.29 is 32.2 Å². The van der Waals surface area contributed by atoms with Crippen molar-refractivity contribution in [3.8, 4) is 5.75 Å². The first-order valence-electron chi connectivity index (χ1n) is 8.87. The summed E-state index contributed by atoms with van der Waals surface area (Å²) in [5.74, 6) is -4.94. The molecule has 3 aromatic rings. The summed E-state index contributed by atoms with van der Waals surface area (Å²) in [5.41, 5.74) is 1.19. The van der Waals surface area contributed by atoms with Gasteiger partial charge in [-0.3, -0.25) is 14.5 Å². The first-order chi connectivity index (χ1) is 14.3. The van der Waals surface area contributed by atoms with Crippen molar-refractivity contribution in [2.45, 2.75) is 26.0 Å². The molecule has 156 valence electrons. The van der Waals surface area contributed by atoms with Crippen LogP contribution in [0.2, 0.25) is 0 Å². The molecule has 0 N–H and O–H groups in total. The molecule has 0 saturated heterocycles. The number of thiazole rings is 1. The number of ether oxygens (including phenoxy) is 2. The van der Waals surface area contributed by atoms with Gasteiger partial charge in [-0.1, -0.05) is 12.1 Å². The molecule has 0 saturated carbocycles. The van der Waals surface area contributed by atoms with Crippen molar-refractivity contribution >= 4 is 39.1 Å². The highest BCUT2D eigenvalue weighted by Crippen LogP contribution is 2.39. The van der Waals surface area contributed by atoms with E-state index in [1.165, 1.54) is 12.0 Å². The molecule has 1 aromatic heterocycles. The van der Waals surface area contributed by atoms with Crippen LogP contribution in [0.4, 0.5) is 18.9 Å². The van der Waals surface area contributed by atoms with Crippen LogP contribution in [0.3, 0.4) is 0 Å². The van der Waals surface area contributed by atoms with Crippen LogP contribution in [0.5, 0.6) is 5.75 Å². The normalized spacial score (nSPS) is 15.8. The van der Waals surface area contributed by atoms with E-state index in [1.807, 2.05) is 0 Å². The number of esters is 1. The Balaban J connectivity index is 1.75. The minimum Gasteiger partial charge on any atom is -0.478 e. The van der Waals surface area contributed by atoms with Gasteiger partial charge in [0, 0.05) is 6.07 Å². The van der Waals surface area contributed by atoms with Crippen LogP contribution >= 0.6 is 11.3 Å². The van der Waals surface area contributed by atoms with Crippen molar-refractivity contribution in [1.29, 1.82) is 0 Å². The number of hydrogen-bond donors (Lipinski definition) is 0. The molecule has 0 aliphatic carbocycles. The van der Waals surface area contributed by atoms with Crippen LogP contribution in [0, 0.1) is 24.4 Å². The molecule has 1 aliphatic rings. The third-order valence-electron chi connectivity index (χ3n) is 4.72. The average molecular weight is 436 g/mol. The Kier molecular flexibility index (Phi) is 5.10. The van der Waals surface area contributed by atoms with Gasteiger partial charge < -0.3 is 9.47 Å². The maximum atomic E-state index is 14.1. The molecule has 0 fully saturated rings. The third kappa shape index (κ3) is 3.36. The number of amides is 1. The minimum atomic E-state index is -1.57. The van der Waals surface area contributed by atoms with Gasteiger partial charge in [-0.05, 0) is 18.6 Å². The number of fused-ring (bicyclic) bond motifs is 2. The molecule has 1 amide bonds. The van der Waals surface area contributed by atoms with Gasteiger partial charge in [0.25, 0.3) is 5.91 Å². The molecular formula is C20H15F3N2O4S. The van der Waals surface area contributed by atoms with Crippen molar-refractivity contribution in [2.24, 2.45) is 0 Å². The number of para-hydroxylation sites is 1. The van der Waals surface area contributed by atoms with Crippen LogP contribution in [0.15, 0.2) is 24.3 Å². The first-order valence-corrected chi connectivity index (χ1v) is 9.69. The molecule has 6 nitrogen and oxygen atoms in total. The Bertz CT molecular complexity index is 1180. The molecular weight excluding hydrogens is 421 g/mol. The standard InChI is InChI=1S/C20H15F3N2O4S/c1-9-4-3-5-12-18(9)25(20(27)13(29-12)7-15(26)28-2)8-14-24-11-6-10(21)16(22)17(23)19(11)30-14/h3-6,13H,7-8H2,1-2H3. The lowest BCUT2D eigenvalue weighted by Crippen LogP contribution is -2.46. The zero-order valence-corrected chi connectivity index (χ0v) is 16.7. The predicted octanol–water partition coefficient (Wildman–Crippen LogP) is 3.88. The van der Waals surface area contributed by atoms with E-state index in [2.05, 4.69) is 9.72 Å². The molecule has 0 bridgehead atoms. The van der Waals surface area contributed by atoms with Crippen molar-refractivity contribution in [3.05, 3.63) is 52.3 Å². The lowest BCUT2D eigenvalue weighted by molar-refractivity contribution is -0.145. The van der Waals surface area contributed by atoms with E-state index in [-0.39, 0.29) is 28.2 Å². The monoisotopic (exact) mass is 436 g/mol. The fraction of sp³-hybridized carbons (Fsp3) is 0.250. The van der Waals surface area contributed by atoms with E-state index < -0.39 is 35.4 Å². The predicted molar refractivity (Wildman–Crippen MR) is 103 cm³/mol. The van der Waals surface area contributed by atoms with Gasteiger partial charge in [0.05, 0.1) is 36.0 Å². The summed E-state index contributed by atoms with van der Waals surface area (Å²) in [6.45, 7) is 1.70. The lowest BCUT2D eigenvalue weighted by Gasteiger charge is -2.34. The summed E-state index contributed by atoms with van der Waals surface area (Å²) in [7, 11) is 1.21. The summed E-state index contributed by atoms with van der Waals surface area (Å²) in [6.07, 6.45) is -1.39. The second kappa shape index (κ2) is 7.60. The molecule has 2 aromatic carbocycles. The highest BCUT2D eigenvalue weighted by atomic mass is 32.1. The Morgan fingerprint density at radius 1 is 1.30 bits per heavy atom. The van der Waals surface area contributed by atoms with Gasteiger partial charge >= 0.3 is 5.97 Å². The van der Waals surface area contributed by atoms with Crippen molar-refractivity contribution in [2.75, 3.05) is 12.0 Å². The van der Waals surface area contributed by atoms with Crippen LogP contribution in [0.25, 0.3) is 10.2 Å². The van der Waals surface area contributed by atoms with Gasteiger partial charge in [-0.25, -0.2) is 18.2 Å². The number of benzene rings is 2. The van der Waals surface area contributed by atoms with Crippen LogP contribution in [0.1, 0.15) is 17.0 Å². The van der Waals surface area contributed by atoms with Gasteiger partial charge in [0.15, 0.2) is 23.6 Å². The highest BCUT2D eigenvalue weighted by molar-refractivity contribution is 7.18. The average Bonchev–Trinajstić information content (AvgIpc) is 3.11. The topological polar surface area (TPSA) is 68.7 Å². The summed E-state index contributed by atoms with van der Waals surface area (Å²) in [4.78, 5) is 30.3. The van der Waals surface area contributed by atoms with Crippen LogP contribution in [-0.2, 0) is 20.9 Å². The molecule has 1 aliphatic heterocycles. The SMILES string of the molecule is COC(=O)CC1Oc2cccc(C)c2N(Cc2nc3cc(F)c(F)c(F)c3s2)C1=O. The molecule has 0 radical (unpaired) electrons. The number of nitrogens with zero attached hydrogens (tertiary/aromatic N) is 2. The van der Waals surface area contributed by atoms with Gasteiger partial charge in [0.2, 0.25) is 0 Å². The molecule has 2 heterocycles. The highest BCUT2D eigenvalue weighted by Gasteiger charge is 2.37. The number of hydrogen-bond acceptors (Lipinski definition) is 6. The summed E-state index contributed by atoms with van der Waals surface area (Å²) in [6, 6.07) is 6.00. The number of aryl methyl sites for hydroxylation is 1. The van der Waals surface area contributed by atoms with Crippen molar-refractivity contribution in [1.82, 2.24) is 4.98 Å². The van der Waals surface area contributed by atoms with Crippen molar-refractivity contribution in [3.63, 3.8) is 0 Å². The van der Waals surface area contributed by atoms with Crippen LogP contribution < -0.4 is 9.64 Å². The number of aromatic nitrogens is 1. The Morgan fingerprint density at radius 2 is 2.07 bits per heavy atom. The zero-order chi connectivity index (χ0) is 21.6. The van der Waals surface area contributed by atoms with Gasteiger partial charge in [0.1, 0.15) is 10.8 Å². The summed E-state index contributed by atoms with van der Waals surface area (Å²) >= 11 is 0.824. The van der Waals surface area contributed by atoms with E-state index in [0.717, 1.165) is 23.0 Å². The Hall–Kier alpha value is -3.14. The van der Waals surface area contributed by atoms with Gasteiger partial charge in [-0.2, -0.15) is 0 Å². The number of methoxy groups -OCH3 is 1. The quantitative estimate of drug-likeness (QED) is 0.459. The largest absolute Gasteiger partial charge is 0.478 e. The lowest BCUT2D eigenvalue weighted by atomic mass is 10.1. The van der Waals surface area contributed by atoms with E-state index in [4.69, 9.17) is 4.74 Å². The fourth-order valence-corrected chi connectivity index (χ4v) is 4.27. The minimum absolute atomic E-state index is 0.0387. The summed E-state index contributed by atoms with van der Waals surface area (Å²) < 4.78 is 51.3. The second-order valence-electron chi connectivity index (χ2n) is 6.67. The number of anilines is 1.